The van der Waals surface area contributed by atoms with Gasteiger partial charge in [-0.05, 0) is 19.4 Å². The van der Waals surface area contributed by atoms with E-state index in [2.05, 4.69) is 35.6 Å². The van der Waals surface area contributed by atoms with Crippen molar-refractivity contribution in [2.24, 2.45) is 0 Å². The van der Waals surface area contributed by atoms with Gasteiger partial charge in [0.1, 0.15) is 11.6 Å². The van der Waals surface area contributed by atoms with Crippen LogP contribution in [-0.2, 0) is 11.3 Å². The normalized spacial score (nSPS) is 11.2. The molecule has 1 aromatic heterocycles. The number of halogens is 1. The van der Waals surface area contributed by atoms with Gasteiger partial charge >= 0.3 is 6.09 Å². The maximum Gasteiger partial charge on any atom is 0.411 e. The van der Waals surface area contributed by atoms with Gasteiger partial charge in [-0.15, -0.1) is 0 Å². The number of benzene rings is 1. The van der Waals surface area contributed by atoms with Crippen molar-refractivity contribution in [3.8, 4) is 0 Å². The third-order valence-corrected chi connectivity index (χ3v) is 3.34. The summed E-state index contributed by atoms with van der Waals surface area (Å²) in [7, 11) is 0. The second-order valence-corrected chi connectivity index (χ2v) is 5.44. The molecule has 0 fully saturated rings. The Kier molecular flexibility index (Phi) is 5.00. The van der Waals surface area contributed by atoms with Crippen molar-refractivity contribution in [1.82, 2.24) is 9.55 Å². The maximum atomic E-state index is 14.1. The van der Waals surface area contributed by atoms with E-state index in [4.69, 9.17) is 4.74 Å². The molecule has 5 nitrogen and oxygen atoms in total. The van der Waals surface area contributed by atoms with Crippen LogP contribution in [0.4, 0.5) is 14.9 Å². The SMILES string of the molecule is CCCn1c(C(C)C)nc2cc(F)c(NC(=O)OCC)cc21. The monoisotopic (exact) mass is 307 g/mol. The van der Waals surface area contributed by atoms with Crippen LogP contribution < -0.4 is 5.32 Å². The van der Waals surface area contributed by atoms with E-state index in [1.54, 1.807) is 13.0 Å². The first-order chi connectivity index (χ1) is 10.5. The third-order valence-electron chi connectivity index (χ3n) is 3.34. The Hall–Kier alpha value is -2.11. The van der Waals surface area contributed by atoms with Gasteiger partial charge < -0.3 is 9.30 Å². The Bertz CT molecular complexity index is 680. The predicted molar refractivity (Wildman–Crippen MR) is 84.7 cm³/mol. The molecule has 0 radical (unpaired) electrons. The molecule has 0 aliphatic heterocycles. The van der Waals surface area contributed by atoms with Gasteiger partial charge in [0.05, 0.1) is 23.3 Å². The van der Waals surface area contributed by atoms with Crippen LogP contribution in [0.25, 0.3) is 11.0 Å². The van der Waals surface area contributed by atoms with Crippen molar-refractivity contribution < 1.29 is 13.9 Å². The highest BCUT2D eigenvalue weighted by Crippen LogP contribution is 2.27. The number of imidazole rings is 1. The predicted octanol–water partition coefficient (Wildman–Crippen LogP) is 4.28. The molecule has 120 valence electrons. The van der Waals surface area contributed by atoms with Crippen LogP contribution in [0.3, 0.4) is 0 Å². The summed E-state index contributed by atoms with van der Waals surface area (Å²) in [5.41, 5.74) is 1.53. The molecule has 1 amide bonds. The van der Waals surface area contributed by atoms with Gasteiger partial charge in [-0.1, -0.05) is 20.8 Å². The molecule has 2 rings (SSSR count). The van der Waals surface area contributed by atoms with E-state index in [-0.39, 0.29) is 18.2 Å². The molecule has 1 N–H and O–H groups in total. The summed E-state index contributed by atoms with van der Waals surface area (Å²) in [6.07, 6.45) is 0.287. The van der Waals surface area contributed by atoms with E-state index in [0.717, 1.165) is 24.3 Å². The molecule has 1 heterocycles. The van der Waals surface area contributed by atoms with Crippen molar-refractivity contribution in [1.29, 1.82) is 0 Å². The van der Waals surface area contributed by atoms with Crippen LogP contribution in [0.2, 0.25) is 0 Å². The van der Waals surface area contributed by atoms with Crippen molar-refractivity contribution >= 4 is 22.8 Å². The number of nitrogens with one attached hydrogen (secondary N) is 1. The minimum atomic E-state index is -0.661. The zero-order valence-corrected chi connectivity index (χ0v) is 13.4. The minimum absolute atomic E-state index is 0.110. The number of hydrogen-bond acceptors (Lipinski definition) is 3. The lowest BCUT2D eigenvalue weighted by atomic mass is 10.2. The Morgan fingerprint density at radius 1 is 1.41 bits per heavy atom. The first-order valence-corrected chi connectivity index (χ1v) is 7.61. The summed E-state index contributed by atoms with van der Waals surface area (Å²) < 4.78 is 21.0. The largest absolute Gasteiger partial charge is 0.450 e. The van der Waals surface area contributed by atoms with Crippen LogP contribution in [0.15, 0.2) is 12.1 Å². The molecule has 0 aliphatic carbocycles. The molecule has 0 spiro atoms. The number of anilines is 1. The topological polar surface area (TPSA) is 56.2 Å². The van der Waals surface area contributed by atoms with Crippen LogP contribution in [0.5, 0.6) is 0 Å². The van der Waals surface area contributed by atoms with Gasteiger partial charge in [0.25, 0.3) is 0 Å². The summed E-state index contributed by atoms with van der Waals surface area (Å²) in [5, 5.41) is 2.43. The fraction of sp³-hybridized carbons (Fsp3) is 0.500. The van der Waals surface area contributed by atoms with Crippen molar-refractivity contribution in [3.63, 3.8) is 0 Å². The highest BCUT2D eigenvalue weighted by atomic mass is 19.1. The Labute approximate surface area is 129 Å². The highest BCUT2D eigenvalue weighted by Gasteiger charge is 2.17. The average Bonchev–Trinajstić information content (AvgIpc) is 2.78. The first kappa shape index (κ1) is 16.3. The number of nitrogens with zero attached hydrogens (tertiary/aromatic N) is 2. The van der Waals surface area contributed by atoms with Crippen molar-refractivity contribution in [2.75, 3.05) is 11.9 Å². The lowest BCUT2D eigenvalue weighted by Gasteiger charge is -2.11. The molecule has 0 saturated heterocycles. The molecule has 0 saturated carbocycles. The number of carbonyl (C=O) groups excluding carboxylic acids is 1. The van der Waals surface area contributed by atoms with Crippen LogP contribution in [0, 0.1) is 5.82 Å². The number of ether oxygens (including phenoxy) is 1. The molecule has 0 bridgehead atoms. The quantitative estimate of drug-likeness (QED) is 0.897. The van der Waals surface area contributed by atoms with Gasteiger partial charge in [-0.2, -0.15) is 0 Å². The number of aromatic nitrogens is 2. The van der Waals surface area contributed by atoms with Gasteiger partial charge in [-0.3, -0.25) is 5.32 Å². The molecule has 0 aliphatic rings. The number of hydrogen-bond donors (Lipinski definition) is 1. The van der Waals surface area contributed by atoms with E-state index >= 15 is 0 Å². The molecule has 22 heavy (non-hydrogen) atoms. The summed E-state index contributed by atoms with van der Waals surface area (Å²) >= 11 is 0. The third kappa shape index (κ3) is 3.21. The molecule has 0 unspecified atom stereocenters. The smallest absolute Gasteiger partial charge is 0.411 e. The number of amides is 1. The van der Waals surface area contributed by atoms with E-state index in [1.165, 1.54) is 6.07 Å². The van der Waals surface area contributed by atoms with E-state index in [0.29, 0.717) is 5.52 Å². The van der Waals surface area contributed by atoms with Crippen LogP contribution >= 0.6 is 0 Å². The number of aryl methyl sites for hydroxylation is 1. The molecular formula is C16H22FN3O2. The molecule has 0 atom stereocenters. The zero-order valence-electron chi connectivity index (χ0n) is 13.4. The lowest BCUT2D eigenvalue weighted by Crippen LogP contribution is -2.14. The van der Waals surface area contributed by atoms with Crippen molar-refractivity contribution in [2.45, 2.75) is 46.6 Å². The highest BCUT2D eigenvalue weighted by molar-refractivity contribution is 5.89. The Morgan fingerprint density at radius 3 is 2.73 bits per heavy atom. The summed E-state index contributed by atoms with van der Waals surface area (Å²) in [6, 6.07) is 2.98. The molecule has 1 aromatic carbocycles. The first-order valence-electron chi connectivity index (χ1n) is 7.61. The van der Waals surface area contributed by atoms with Crippen LogP contribution in [0.1, 0.15) is 45.9 Å². The summed E-state index contributed by atoms with van der Waals surface area (Å²) in [4.78, 5) is 16.0. The maximum absolute atomic E-state index is 14.1. The number of fused-ring (bicyclic) bond motifs is 1. The average molecular weight is 307 g/mol. The number of rotatable bonds is 5. The standard InChI is InChI=1S/C16H22FN3O2/c1-5-7-20-14-9-12(19-16(21)22-6-2)11(17)8-13(14)18-15(20)10(3)4/h8-10H,5-7H2,1-4H3,(H,19,21). The second-order valence-electron chi connectivity index (χ2n) is 5.44. The van der Waals surface area contributed by atoms with Crippen LogP contribution in [-0.4, -0.2) is 22.3 Å². The van der Waals surface area contributed by atoms with Gasteiger partial charge in [0, 0.05) is 18.5 Å². The Balaban J connectivity index is 2.50. The van der Waals surface area contributed by atoms with E-state index in [1.807, 2.05) is 0 Å². The zero-order chi connectivity index (χ0) is 16.3. The molecular weight excluding hydrogens is 285 g/mol. The Morgan fingerprint density at radius 2 is 2.14 bits per heavy atom. The van der Waals surface area contributed by atoms with Crippen molar-refractivity contribution in [3.05, 3.63) is 23.8 Å². The molecule has 6 heteroatoms. The fourth-order valence-corrected chi connectivity index (χ4v) is 2.44. The van der Waals surface area contributed by atoms with E-state index < -0.39 is 11.9 Å². The van der Waals surface area contributed by atoms with Gasteiger partial charge in [0.2, 0.25) is 0 Å². The van der Waals surface area contributed by atoms with E-state index in [9.17, 15) is 9.18 Å². The summed E-state index contributed by atoms with van der Waals surface area (Å²) in [6.45, 7) is 8.93. The second kappa shape index (κ2) is 6.77. The van der Waals surface area contributed by atoms with Gasteiger partial charge in [0.15, 0.2) is 0 Å². The molecule has 2 aromatic rings. The number of carbonyl (C=O) groups is 1. The lowest BCUT2D eigenvalue weighted by molar-refractivity contribution is 0.168. The summed E-state index contributed by atoms with van der Waals surface area (Å²) in [5.74, 6) is 0.644. The van der Waals surface area contributed by atoms with Gasteiger partial charge in [-0.25, -0.2) is 14.2 Å². The minimum Gasteiger partial charge on any atom is -0.450 e. The fourth-order valence-electron chi connectivity index (χ4n) is 2.44.